The first-order valence-electron chi connectivity index (χ1n) is 13.8. The lowest BCUT2D eigenvalue weighted by molar-refractivity contribution is -0.140. The number of ether oxygens (including phenoxy) is 3. The van der Waals surface area contributed by atoms with Gasteiger partial charge in [-0.1, -0.05) is 19.9 Å². The summed E-state index contributed by atoms with van der Waals surface area (Å²) in [5.41, 5.74) is 2.03. The minimum Gasteiger partial charge on any atom is -0.507 e. The number of hydrogen-bond acceptors (Lipinski definition) is 7. The second-order valence-electron chi connectivity index (χ2n) is 10.6. The van der Waals surface area contributed by atoms with E-state index in [1.54, 1.807) is 36.4 Å². The Morgan fingerprint density at radius 1 is 1.10 bits per heavy atom. The number of carbonyl (C=O) groups excluding carboxylic acids is 2. The topological polar surface area (TPSA) is 98.4 Å². The molecule has 2 aliphatic rings. The van der Waals surface area contributed by atoms with Crippen molar-refractivity contribution in [2.45, 2.75) is 59.2 Å². The molecule has 0 saturated carbocycles. The number of benzene rings is 2. The number of likely N-dealkylation sites (tertiary alicyclic amines) is 1. The molecule has 1 fully saturated rings. The van der Waals surface area contributed by atoms with Crippen LogP contribution in [0.15, 0.2) is 64.8 Å². The lowest BCUT2D eigenvalue weighted by Gasteiger charge is -2.25. The fourth-order valence-corrected chi connectivity index (χ4v) is 5.17. The maximum atomic E-state index is 13.5. The van der Waals surface area contributed by atoms with E-state index < -0.39 is 17.7 Å². The summed E-state index contributed by atoms with van der Waals surface area (Å²) in [6.45, 7) is 9.13. The highest BCUT2D eigenvalue weighted by Crippen LogP contribution is 2.43. The summed E-state index contributed by atoms with van der Waals surface area (Å²) in [5.74, 6) is 1.17. The van der Waals surface area contributed by atoms with Gasteiger partial charge >= 0.3 is 0 Å². The molecule has 3 heterocycles. The van der Waals surface area contributed by atoms with Crippen LogP contribution in [-0.4, -0.2) is 41.0 Å². The van der Waals surface area contributed by atoms with Gasteiger partial charge in [-0.05, 0) is 79.8 Å². The van der Waals surface area contributed by atoms with Gasteiger partial charge in [0, 0.05) is 12.0 Å². The molecular weight excluding hydrogens is 510 g/mol. The Balaban J connectivity index is 1.59. The number of Topliss-reactive ketones (excluding diaryl/α,β-unsaturated/α-hetero) is 1. The molecule has 1 amide bonds. The van der Waals surface area contributed by atoms with Crippen molar-refractivity contribution in [1.29, 1.82) is 0 Å². The van der Waals surface area contributed by atoms with Gasteiger partial charge in [-0.15, -0.1) is 0 Å². The maximum absolute atomic E-state index is 13.5. The molecule has 0 unspecified atom stereocenters. The number of aliphatic hydroxyl groups is 1. The number of rotatable bonds is 10. The Morgan fingerprint density at radius 3 is 2.65 bits per heavy atom. The third kappa shape index (κ3) is 5.43. The fraction of sp³-hybridized carbons (Fsp3) is 0.375. The average molecular weight is 546 g/mol. The highest BCUT2D eigenvalue weighted by atomic mass is 16.5. The zero-order valence-corrected chi connectivity index (χ0v) is 23.3. The Hall–Kier alpha value is -4.20. The van der Waals surface area contributed by atoms with Crippen molar-refractivity contribution in [3.8, 4) is 17.2 Å². The average Bonchev–Trinajstić information content (AvgIpc) is 3.63. The van der Waals surface area contributed by atoms with E-state index >= 15 is 0 Å². The van der Waals surface area contributed by atoms with E-state index in [-0.39, 0.29) is 24.0 Å². The van der Waals surface area contributed by atoms with Gasteiger partial charge in [0.05, 0.1) is 37.6 Å². The number of aliphatic hydroxyl groups excluding tert-OH is 1. The van der Waals surface area contributed by atoms with Crippen molar-refractivity contribution >= 4 is 17.4 Å². The molecule has 1 aromatic heterocycles. The molecule has 0 bridgehead atoms. The summed E-state index contributed by atoms with van der Waals surface area (Å²) in [6.07, 6.45) is 3.14. The normalized spacial score (nSPS) is 19.7. The van der Waals surface area contributed by atoms with Crippen LogP contribution in [0.3, 0.4) is 0 Å². The number of nitrogens with zero attached hydrogens (tertiary/aromatic N) is 1. The number of ketones is 1. The molecule has 210 valence electrons. The van der Waals surface area contributed by atoms with E-state index in [1.807, 2.05) is 26.0 Å². The molecule has 1 saturated heterocycles. The highest BCUT2D eigenvalue weighted by Gasteiger charge is 2.46. The molecule has 0 aliphatic carbocycles. The lowest BCUT2D eigenvalue weighted by Crippen LogP contribution is -2.29. The molecule has 0 spiro atoms. The Bertz CT molecular complexity index is 1420. The summed E-state index contributed by atoms with van der Waals surface area (Å²) in [4.78, 5) is 28.3. The molecule has 8 heteroatoms. The SMILES string of the molecule is CCOc1cc([C@@H]2C(=C(O)c3ccc4c(c3)C[C@H](C)O4)C(=O)C(=O)N2Cc2ccco2)ccc1OCCC(C)C. The molecule has 3 aromatic rings. The molecule has 8 nitrogen and oxygen atoms in total. The molecule has 5 rings (SSSR count). The molecule has 1 N–H and O–H groups in total. The summed E-state index contributed by atoms with van der Waals surface area (Å²) in [7, 11) is 0. The molecule has 40 heavy (non-hydrogen) atoms. The van der Waals surface area contributed by atoms with Gasteiger partial charge in [0.2, 0.25) is 0 Å². The highest BCUT2D eigenvalue weighted by molar-refractivity contribution is 6.46. The van der Waals surface area contributed by atoms with E-state index in [2.05, 4.69) is 13.8 Å². The zero-order chi connectivity index (χ0) is 28.4. The summed E-state index contributed by atoms with van der Waals surface area (Å²) in [5, 5.41) is 11.5. The molecule has 2 atom stereocenters. The predicted molar refractivity (Wildman–Crippen MR) is 149 cm³/mol. The zero-order valence-electron chi connectivity index (χ0n) is 23.3. The number of amides is 1. The Morgan fingerprint density at radius 2 is 1.93 bits per heavy atom. The van der Waals surface area contributed by atoms with Gasteiger partial charge in [0.15, 0.2) is 11.5 Å². The third-order valence-corrected chi connectivity index (χ3v) is 7.15. The van der Waals surface area contributed by atoms with E-state index in [9.17, 15) is 14.7 Å². The lowest BCUT2D eigenvalue weighted by atomic mass is 9.94. The van der Waals surface area contributed by atoms with Crippen LogP contribution in [0.1, 0.15) is 62.6 Å². The van der Waals surface area contributed by atoms with E-state index in [1.165, 1.54) is 11.2 Å². The first-order valence-corrected chi connectivity index (χ1v) is 13.8. The Labute approximate surface area is 234 Å². The minimum atomic E-state index is -0.863. The first kappa shape index (κ1) is 27.4. The van der Waals surface area contributed by atoms with Crippen molar-refractivity contribution < 1.29 is 33.3 Å². The smallest absolute Gasteiger partial charge is 0.296 e. The van der Waals surface area contributed by atoms with Crippen molar-refractivity contribution in [2.75, 3.05) is 13.2 Å². The summed E-state index contributed by atoms with van der Waals surface area (Å²) >= 11 is 0. The van der Waals surface area contributed by atoms with Crippen LogP contribution in [0.4, 0.5) is 0 Å². The number of fused-ring (bicyclic) bond motifs is 1. The van der Waals surface area contributed by atoms with Crippen LogP contribution in [0, 0.1) is 5.92 Å². The minimum absolute atomic E-state index is 0.0133. The van der Waals surface area contributed by atoms with Gasteiger partial charge < -0.3 is 28.6 Å². The second-order valence-corrected chi connectivity index (χ2v) is 10.6. The van der Waals surface area contributed by atoms with E-state index in [0.717, 1.165) is 17.7 Å². The van der Waals surface area contributed by atoms with Gasteiger partial charge in [-0.25, -0.2) is 0 Å². The molecule has 0 radical (unpaired) electrons. The van der Waals surface area contributed by atoms with Gasteiger partial charge in [0.1, 0.15) is 23.4 Å². The molecule has 2 aliphatic heterocycles. The van der Waals surface area contributed by atoms with Crippen molar-refractivity contribution in [3.63, 3.8) is 0 Å². The maximum Gasteiger partial charge on any atom is 0.296 e. The predicted octanol–water partition coefficient (Wildman–Crippen LogP) is 6.05. The van der Waals surface area contributed by atoms with Crippen LogP contribution >= 0.6 is 0 Å². The summed E-state index contributed by atoms with van der Waals surface area (Å²) in [6, 6.07) is 13.3. The first-order chi connectivity index (χ1) is 19.3. The van der Waals surface area contributed by atoms with E-state index in [0.29, 0.717) is 53.9 Å². The fourth-order valence-electron chi connectivity index (χ4n) is 5.17. The van der Waals surface area contributed by atoms with Crippen LogP contribution in [0.2, 0.25) is 0 Å². The van der Waals surface area contributed by atoms with Gasteiger partial charge in [-0.3, -0.25) is 9.59 Å². The molecular formula is C32H35NO7. The number of hydrogen-bond donors (Lipinski definition) is 1. The quantitative estimate of drug-likeness (QED) is 0.188. The van der Waals surface area contributed by atoms with Crippen LogP contribution in [-0.2, 0) is 22.6 Å². The number of carbonyl (C=O) groups is 2. The molecule has 2 aromatic carbocycles. The van der Waals surface area contributed by atoms with Gasteiger partial charge in [0.25, 0.3) is 11.7 Å². The standard InChI is InChI=1S/C32H35NO7/c1-5-37-27-17-21(8-11-26(27)39-14-12-19(2)3)29-28(31(35)32(36)33(29)18-24-7-6-13-38-24)30(34)22-9-10-25-23(16-22)15-20(4)40-25/h6-11,13,16-17,19-20,29,34H,5,12,14-15,18H2,1-4H3/t20-,29+/m0/s1. The van der Waals surface area contributed by atoms with Crippen molar-refractivity contribution in [1.82, 2.24) is 4.90 Å². The second kappa shape index (κ2) is 11.5. The third-order valence-electron chi connectivity index (χ3n) is 7.15. The van der Waals surface area contributed by atoms with E-state index in [4.69, 9.17) is 18.6 Å². The largest absolute Gasteiger partial charge is 0.507 e. The van der Waals surface area contributed by atoms with Crippen LogP contribution < -0.4 is 14.2 Å². The van der Waals surface area contributed by atoms with Crippen molar-refractivity contribution in [2.24, 2.45) is 5.92 Å². The van der Waals surface area contributed by atoms with Crippen LogP contribution in [0.5, 0.6) is 17.2 Å². The summed E-state index contributed by atoms with van der Waals surface area (Å²) < 4.78 is 23.2. The Kier molecular flexibility index (Phi) is 7.87. The monoisotopic (exact) mass is 545 g/mol. The van der Waals surface area contributed by atoms with Gasteiger partial charge in [-0.2, -0.15) is 0 Å². The van der Waals surface area contributed by atoms with Crippen molar-refractivity contribution in [3.05, 3.63) is 82.8 Å². The van der Waals surface area contributed by atoms with Crippen LogP contribution in [0.25, 0.3) is 5.76 Å². The number of furan rings is 1.